The van der Waals surface area contributed by atoms with Crippen LogP contribution in [0.3, 0.4) is 0 Å². The van der Waals surface area contributed by atoms with Crippen LogP contribution >= 0.6 is 11.3 Å². The van der Waals surface area contributed by atoms with E-state index in [4.69, 9.17) is 5.73 Å². The summed E-state index contributed by atoms with van der Waals surface area (Å²) < 4.78 is 27.9. The van der Waals surface area contributed by atoms with Crippen molar-refractivity contribution in [2.24, 2.45) is 34.3 Å². The van der Waals surface area contributed by atoms with Crippen LogP contribution in [0.25, 0.3) is 0 Å². The molecule has 2 aliphatic carbocycles. The highest BCUT2D eigenvalue weighted by Gasteiger charge is 2.69. The lowest BCUT2D eigenvalue weighted by Crippen LogP contribution is -2.61. The summed E-state index contributed by atoms with van der Waals surface area (Å²) in [5.41, 5.74) is 4.60. The number of urea groups is 1. The van der Waals surface area contributed by atoms with Gasteiger partial charge in [-0.15, -0.1) is 11.3 Å². The average molecular weight is 735 g/mol. The monoisotopic (exact) mass is 734 g/mol. The van der Waals surface area contributed by atoms with Crippen LogP contribution in [0.5, 0.6) is 0 Å². The van der Waals surface area contributed by atoms with E-state index in [1.807, 2.05) is 27.7 Å². The number of sulfonamides is 1. The Morgan fingerprint density at radius 1 is 1.06 bits per heavy atom. The Balaban J connectivity index is 1.35. The molecule has 0 aromatic carbocycles. The summed E-state index contributed by atoms with van der Waals surface area (Å²) >= 11 is 1.39. The van der Waals surface area contributed by atoms with Crippen LogP contribution < -0.4 is 21.7 Å². The molecule has 5 N–H and O–H groups in total. The number of likely N-dealkylation sites (tertiary alicyclic amines) is 1. The summed E-state index contributed by atoms with van der Waals surface area (Å²) in [6.07, 6.45) is 5.95. The van der Waals surface area contributed by atoms with Gasteiger partial charge in [0.05, 0.1) is 10.9 Å². The van der Waals surface area contributed by atoms with Gasteiger partial charge in [-0.3, -0.25) is 19.2 Å². The molecular weight excluding hydrogens is 681 g/mol. The second-order valence-corrected chi connectivity index (χ2v) is 19.1. The fourth-order valence-electron chi connectivity index (χ4n) is 8.25. The topological polar surface area (TPSA) is 188 Å². The molecule has 0 radical (unpaired) electrons. The maximum Gasteiger partial charge on any atom is 0.315 e. The van der Waals surface area contributed by atoms with Gasteiger partial charge < -0.3 is 26.6 Å². The number of nitrogens with zero attached hydrogens (tertiary/aromatic N) is 2. The summed E-state index contributed by atoms with van der Waals surface area (Å²) in [6, 6.07) is -2.38. The number of Topliss-reactive ketones (excluding diaryl/α,β-unsaturated/α-hetero) is 1. The lowest BCUT2D eigenvalue weighted by molar-refractivity contribution is -0.144. The number of nitrogens with one attached hydrogen (secondary N) is 3. The maximum absolute atomic E-state index is 14.6. The van der Waals surface area contributed by atoms with Gasteiger partial charge in [0, 0.05) is 30.6 Å². The summed E-state index contributed by atoms with van der Waals surface area (Å²) in [5.74, 6) is -3.04. The van der Waals surface area contributed by atoms with Gasteiger partial charge in [-0.25, -0.2) is 13.2 Å². The number of nitrogens with two attached hydrogens (primary N) is 1. The minimum absolute atomic E-state index is 0.0682. The van der Waals surface area contributed by atoms with Crippen molar-refractivity contribution in [1.29, 1.82) is 0 Å². The third-order valence-corrected chi connectivity index (χ3v) is 14.5. The number of piperidine rings is 1. The predicted molar refractivity (Wildman–Crippen MR) is 189 cm³/mol. The smallest absolute Gasteiger partial charge is 0.315 e. The zero-order valence-electron chi connectivity index (χ0n) is 30.1. The summed E-state index contributed by atoms with van der Waals surface area (Å²) in [7, 11) is -3.68. The molecule has 278 valence electrons. The number of rotatable bonds is 13. The van der Waals surface area contributed by atoms with E-state index in [9.17, 15) is 32.4 Å². The Morgan fingerprint density at radius 2 is 1.74 bits per heavy atom. The molecule has 1 unspecified atom stereocenters. The number of primary amides is 1. The van der Waals surface area contributed by atoms with E-state index < -0.39 is 63.2 Å². The number of hydrogen-bond acceptors (Lipinski definition) is 8. The van der Waals surface area contributed by atoms with Gasteiger partial charge in [0.2, 0.25) is 27.6 Å². The van der Waals surface area contributed by atoms with Crippen LogP contribution in [-0.2, 0) is 35.7 Å². The number of fused-ring (bicyclic) bond motifs is 2. The highest BCUT2D eigenvalue weighted by Crippen LogP contribution is 2.65. The Hall–Kier alpha value is -3.04. The van der Waals surface area contributed by atoms with Crippen molar-refractivity contribution < 1.29 is 32.4 Å². The molecule has 2 aliphatic heterocycles. The second kappa shape index (κ2) is 14.5. The van der Waals surface area contributed by atoms with Crippen molar-refractivity contribution in [3.05, 3.63) is 16.3 Å². The van der Waals surface area contributed by atoms with Gasteiger partial charge >= 0.3 is 6.03 Å². The first kappa shape index (κ1) is 38.2. The Kier molecular flexibility index (Phi) is 11.1. The van der Waals surface area contributed by atoms with Crippen LogP contribution in [0, 0.1) is 28.6 Å². The SMILES string of the molecule is CCCCC(NC(=O)[C@@H]1[C@@H]2[C@H](CN1C(=O)[C@@H](NC(=O)N[C@H](CN1Cc3sccc3S1(=O)=O)C(C)(C)C)C1CCCCC1)C2(C)C)C(=O)C(N)=O. The van der Waals surface area contributed by atoms with Crippen LogP contribution in [0.4, 0.5) is 4.79 Å². The molecule has 5 rings (SSSR count). The van der Waals surface area contributed by atoms with Gasteiger partial charge in [0.25, 0.3) is 5.91 Å². The van der Waals surface area contributed by atoms with Crippen molar-refractivity contribution >= 4 is 50.9 Å². The molecule has 50 heavy (non-hydrogen) atoms. The first-order valence-corrected chi connectivity index (χ1v) is 20.3. The molecule has 2 saturated carbocycles. The molecule has 4 aliphatic rings. The van der Waals surface area contributed by atoms with E-state index in [1.54, 1.807) is 16.3 Å². The maximum atomic E-state index is 14.6. The number of amides is 5. The predicted octanol–water partition coefficient (Wildman–Crippen LogP) is 3.13. The highest BCUT2D eigenvalue weighted by molar-refractivity contribution is 7.89. The van der Waals surface area contributed by atoms with Crippen LogP contribution in [-0.4, -0.2) is 84.4 Å². The number of ketones is 1. The Labute approximate surface area is 299 Å². The highest BCUT2D eigenvalue weighted by atomic mass is 32.2. The van der Waals surface area contributed by atoms with Crippen LogP contribution in [0.15, 0.2) is 16.3 Å². The third-order valence-electron chi connectivity index (χ3n) is 11.5. The number of unbranched alkanes of at least 4 members (excludes halogenated alkanes) is 1. The minimum Gasteiger partial charge on any atom is -0.363 e. The number of hydrogen-bond donors (Lipinski definition) is 4. The first-order chi connectivity index (χ1) is 23.4. The molecule has 13 nitrogen and oxygen atoms in total. The van der Waals surface area contributed by atoms with Gasteiger partial charge in [0.1, 0.15) is 12.1 Å². The first-order valence-electron chi connectivity index (χ1n) is 18.0. The molecule has 5 amide bonds. The van der Waals surface area contributed by atoms with Crippen molar-refractivity contribution in [1.82, 2.24) is 25.2 Å². The van der Waals surface area contributed by atoms with E-state index in [-0.39, 0.29) is 48.6 Å². The Morgan fingerprint density at radius 3 is 2.34 bits per heavy atom. The van der Waals surface area contributed by atoms with Gasteiger partial charge in [-0.05, 0) is 59.3 Å². The van der Waals surface area contributed by atoms with Crippen molar-refractivity contribution in [2.45, 2.75) is 129 Å². The fraction of sp³-hybridized carbons (Fsp3) is 0.743. The molecule has 15 heteroatoms. The average Bonchev–Trinajstić information content (AvgIpc) is 3.50. The van der Waals surface area contributed by atoms with E-state index in [2.05, 4.69) is 29.8 Å². The van der Waals surface area contributed by atoms with Crippen molar-refractivity contribution in [2.75, 3.05) is 13.1 Å². The molecule has 1 aromatic heterocycles. The number of carbonyl (C=O) groups is 5. The standard InChI is InChI=1S/C35H54N6O7S2/c1-7-8-14-22(29(42)30(36)43)37-31(44)28-26-21(35(26,5)6)17-41(28)32(45)27(20-12-10-9-11-13-20)39-33(46)38-25(34(2,3)4)19-40-18-23-24(15-16-49-23)50(40,47)48/h15-16,20-22,25-28H,7-14,17-19H2,1-6H3,(H2,36,43)(H,37,44)(H2,38,39,46)/t21-,22?,25+,26-,27-,28-/m0/s1. The third kappa shape index (κ3) is 7.59. The lowest BCUT2D eigenvalue weighted by Gasteiger charge is -2.38. The molecule has 3 fully saturated rings. The minimum atomic E-state index is -3.68. The van der Waals surface area contributed by atoms with E-state index >= 15 is 0 Å². The Bertz CT molecular complexity index is 1600. The molecule has 3 heterocycles. The zero-order chi connectivity index (χ0) is 36.8. The van der Waals surface area contributed by atoms with Gasteiger partial charge in [0.15, 0.2) is 0 Å². The molecule has 1 saturated heterocycles. The zero-order valence-corrected chi connectivity index (χ0v) is 31.8. The summed E-state index contributed by atoms with van der Waals surface area (Å²) in [5, 5.41) is 10.5. The fourth-order valence-corrected chi connectivity index (χ4v) is 11.2. The molecule has 1 aromatic rings. The van der Waals surface area contributed by atoms with Gasteiger partial charge in [-0.1, -0.05) is 73.6 Å². The van der Waals surface area contributed by atoms with E-state index in [1.165, 1.54) is 15.6 Å². The summed E-state index contributed by atoms with van der Waals surface area (Å²) in [4.78, 5) is 69.5. The second-order valence-electron chi connectivity index (χ2n) is 16.2. The van der Waals surface area contributed by atoms with Crippen LogP contribution in [0.1, 0.15) is 97.8 Å². The normalized spacial score (nSPS) is 25.9. The molecular formula is C35H54N6O7S2. The molecule has 0 bridgehead atoms. The lowest BCUT2D eigenvalue weighted by atomic mass is 9.83. The largest absolute Gasteiger partial charge is 0.363 e. The summed E-state index contributed by atoms with van der Waals surface area (Å²) in [6.45, 7) is 12.5. The number of thiophene rings is 1. The van der Waals surface area contributed by atoms with Crippen LogP contribution in [0.2, 0.25) is 0 Å². The van der Waals surface area contributed by atoms with E-state index in [0.29, 0.717) is 17.9 Å². The quantitative estimate of drug-likeness (QED) is 0.224. The molecule has 6 atom stereocenters. The molecule has 0 spiro atoms. The van der Waals surface area contributed by atoms with Crippen molar-refractivity contribution in [3.8, 4) is 0 Å². The van der Waals surface area contributed by atoms with Gasteiger partial charge in [-0.2, -0.15) is 4.31 Å². The van der Waals surface area contributed by atoms with E-state index in [0.717, 1.165) is 43.4 Å². The van der Waals surface area contributed by atoms with Crippen molar-refractivity contribution in [3.63, 3.8) is 0 Å². The number of carbonyl (C=O) groups excluding carboxylic acids is 5.